The number of ether oxygens (including phenoxy) is 2. The van der Waals surface area contributed by atoms with Crippen LogP contribution in [0.25, 0.3) is 11.3 Å². The number of rotatable bonds is 9. The molecular formula is C41H54N4O6. The molecule has 3 heterocycles. The maximum atomic E-state index is 14.7. The van der Waals surface area contributed by atoms with Gasteiger partial charge in [-0.25, -0.2) is 14.8 Å². The van der Waals surface area contributed by atoms with Crippen molar-refractivity contribution in [3.8, 4) is 17.0 Å². The average molecular weight is 699 g/mol. The lowest BCUT2D eigenvalue weighted by molar-refractivity contribution is -0.124. The summed E-state index contributed by atoms with van der Waals surface area (Å²) >= 11 is 0. The first-order valence-electron chi connectivity index (χ1n) is 18.9. The van der Waals surface area contributed by atoms with Crippen molar-refractivity contribution in [3.63, 3.8) is 0 Å². The van der Waals surface area contributed by atoms with Crippen LogP contribution >= 0.6 is 0 Å². The van der Waals surface area contributed by atoms with Crippen LogP contribution in [0.5, 0.6) is 5.75 Å². The molecule has 10 heteroatoms. The van der Waals surface area contributed by atoms with Crippen molar-refractivity contribution in [3.05, 3.63) is 59.8 Å². The number of aliphatic hydroxyl groups excluding tert-OH is 1. The van der Waals surface area contributed by atoms with Gasteiger partial charge < -0.3 is 23.9 Å². The summed E-state index contributed by atoms with van der Waals surface area (Å²) in [5.74, 6) is 2.18. The summed E-state index contributed by atoms with van der Waals surface area (Å²) in [6, 6.07) is 10.5. The summed E-state index contributed by atoms with van der Waals surface area (Å²) in [4.78, 5) is 40.6. The Bertz CT molecular complexity index is 1710. The molecule has 2 aromatic heterocycles. The van der Waals surface area contributed by atoms with Crippen molar-refractivity contribution in [2.24, 2.45) is 11.3 Å². The number of benzene rings is 1. The number of oxazole rings is 1. The molecule has 1 aliphatic heterocycles. The third-order valence-electron chi connectivity index (χ3n) is 12.5. The van der Waals surface area contributed by atoms with E-state index in [2.05, 4.69) is 45.9 Å². The maximum absolute atomic E-state index is 14.7. The molecule has 4 saturated carbocycles. The predicted molar refractivity (Wildman–Crippen MR) is 195 cm³/mol. The van der Waals surface area contributed by atoms with Crippen molar-refractivity contribution in [2.45, 2.75) is 121 Å². The lowest BCUT2D eigenvalue weighted by atomic mass is 9.51. The van der Waals surface area contributed by atoms with E-state index in [0.29, 0.717) is 50.5 Å². The fourth-order valence-corrected chi connectivity index (χ4v) is 8.95. The number of hydrogen-bond donors (Lipinski definition) is 1. The second kappa shape index (κ2) is 13.9. The van der Waals surface area contributed by atoms with Crippen molar-refractivity contribution in [1.29, 1.82) is 0 Å². The summed E-state index contributed by atoms with van der Waals surface area (Å²) in [6.45, 7) is 9.56. The zero-order valence-electron chi connectivity index (χ0n) is 31.0. The van der Waals surface area contributed by atoms with Crippen LogP contribution in [0.1, 0.15) is 108 Å². The summed E-state index contributed by atoms with van der Waals surface area (Å²) in [6.07, 6.45) is 12.8. The Labute approximate surface area is 301 Å². The summed E-state index contributed by atoms with van der Waals surface area (Å²) in [5, 5.41) is 9.51. The minimum Gasteiger partial charge on any atom is -0.496 e. The minimum atomic E-state index is -0.352. The molecule has 1 atom stereocenters. The largest absolute Gasteiger partial charge is 0.496 e. The first-order valence-corrected chi connectivity index (χ1v) is 18.9. The zero-order valence-corrected chi connectivity index (χ0v) is 31.0. The Morgan fingerprint density at radius 1 is 1.02 bits per heavy atom. The van der Waals surface area contributed by atoms with Crippen LogP contribution in [-0.2, 0) is 20.4 Å². The van der Waals surface area contributed by atoms with Crippen LogP contribution in [-0.4, -0.2) is 70.9 Å². The smallest absolute Gasteiger partial charge is 0.410 e. The Morgan fingerprint density at radius 2 is 1.75 bits per heavy atom. The highest BCUT2D eigenvalue weighted by molar-refractivity contribution is 5.95. The van der Waals surface area contributed by atoms with E-state index >= 15 is 0 Å². The Kier molecular flexibility index (Phi) is 9.67. The van der Waals surface area contributed by atoms with Crippen LogP contribution in [0.4, 0.5) is 10.6 Å². The lowest BCUT2D eigenvalue weighted by Gasteiger charge is -2.55. The van der Waals surface area contributed by atoms with Gasteiger partial charge in [-0.15, -0.1) is 0 Å². The average Bonchev–Trinajstić information content (AvgIpc) is 3.63. The van der Waals surface area contributed by atoms with E-state index in [9.17, 15) is 14.7 Å². The quantitative estimate of drug-likeness (QED) is 0.241. The number of aliphatic hydroxyl groups is 1. The van der Waals surface area contributed by atoms with Gasteiger partial charge in [0, 0.05) is 36.2 Å². The third-order valence-corrected chi connectivity index (χ3v) is 12.5. The van der Waals surface area contributed by atoms with Crippen LogP contribution in [0.2, 0.25) is 0 Å². The maximum Gasteiger partial charge on any atom is 0.410 e. The molecule has 3 aromatic rings. The van der Waals surface area contributed by atoms with Crippen LogP contribution in [0.3, 0.4) is 0 Å². The summed E-state index contributed by atoms with van der Waals surface area (Å²) < 4.78 is 17.2. The van der Waals surface area contributed by atoms with Crippen LogP contribution < -0.4 is 9.64 Å². The van der Waals surface area contributed by atoms with Gasteiger partial charge in [0.15, 0.2) is 5.89 Å². The molecule has 0 spiro atoms. The molecule has 1 saturated heterocycles. The zero-order chi connectivity index (χ0) is 36.0. The molecule has 274 valence electrons. The Morgan fingerprint density at radius 3 is 2.33 bits per heavy atom. The van der Waals surface area contributed by atoms with E-state index in [0.717, 1.165) is 62.0 Å². The molecule has 5 fully saturated rings. The second-order valence-corrected chi connectivity index (χ2v) is 16.8. The summed E-state index contributed by atoms with van der Waals surface area (Å²) in [7, 11) is 1.73. The minimum absolute atomic E-state index is 0.0249. The molecule has 4 aliphatic carbocycles. The van der Waals surface area contributed by atoms with Crippen molar-refractivity contribution in [1.82, 2.24) is 14.9 Å². The number of methoxy groups -OCH3 is 1. The Balaban J connectivity index is 1.10. The fourth-order valence-electron chi connectivity index (χ4n) is 8.95. The monoisotopic (exact) mass is 698 g/mol. The van der Waals surface area contributed by atoms with Gasteiger partial charge in [0.2, 0.25) is 5.91 Å². The molecule has 0 radical (unpaired) electrons. The number of nitrogens with zero attached hydrogens (tertiary/aromatic N) is 4. The van der Waals surface area contributed by atoms with Crippen molar-refractivity contribution in [2.75, 3.05) is 31.7 Å². The van der Waals surface area contributed by atoms with Gasteiger partial charge >= 0.3 is 6.09 Å². The molecule has 1 aromatic carbocycles. The van der Waals surface area contributed by atoms with Gasteiger partial charge in [0.25, 0.3) is 0 Å². The fraction of sp³-hybridized carbons (Fsp3) is 0.610. The number of fused-ring (bicyclic) bond motifs is 3. The number of anilines is 1. The van der Waals surface area contributed by atoms with Crippen LogP contribution in [0.15, 0.2) is 47.2 Å². The number of pyridine rings is 1. The van der Waals surface area contributed by atoms with Crippen LogP contribution in [0, 0.1) is 18.3 Å². The van der Waals surface area contributed by atoms with E-state index in [-0.39, 0.29) is 52.9 Å². The van der Waals surface area contributed by atoms with Gasteiger partial charge in [-0.1, -0.05) is 32.9 Å². The first kappa shape index (κ1) is 35.5. The number of amides is 2. The molecule has 8 rings (SSSR count). The number of aromatic nitrogens is 2. The molecule has 5 aliphatic rings. The third kappa shape index (κ3) is 7.00. The van der Waals surface area contributed by atoms with Gasteiger partial charge in [0.05, 0.1) is 19.8 Å². The standard InChI is InChI=1S/C41H54N4O6/c1-27-22-30(8-11-34(27)49-5)41-17-14-40(15-18-41,16-19-41)26-45(35-23-29(12-20-42-35)33-25-50-37(43-33)39(2,3)4)36(47)28-6-9-32(10-7-28)51-38(48)44-21-13-31(44)24-46/h8,11-12,20,22-23,25,28,31-32,46H,6-7,9-10,13-19,21,24,26H2,1-5H3/t28?,31-,32?,40?,41?/m0/s1. The van der Waals surface area contributed by atoms with E-state index in [1.165, 1.54) is 11.1 Å². The van der Waals surface area contributed by atoms with E-state index in [4.69, 9.17) is 23.9 Å². The number of hydrogen-bond acceptors (Lipinski definition) is 8. The highest BCUT2D eigenvalue weighted by Crippen LogP contribution is 2.58. The molecule has 2 amide bonds. The highest BCUT2D eigenvalue weighted by atomic mass is 16.6. The molecular weight excluding hydrogens is 644 g/mol. The van der Waals surface area contributed by atoms with Gasteiger partial charge in [-0.2, -0.15) is 0 Å². The molecule has 10 nitrogen and oxygen atoms in total. The number of aryl methyl sites for hydroxylation is 1. The predicted octanol–water partition coefficient (Wildman–Crippen LogP) is 7.74. The van der Waals surface area contributed by atoms with Crippen molar-refractivity contribution < 1.29 is 28.6 Å². The van der Waals surface area contributed by atoms with Gasteiger partial charge in [0.1, 0.15) is 29.6 Å². The van der Waals surface area contributed by atoms with E-state index in [1.54, 1.807) is 24.5 Å². The molecule has 0 unspecified atom stereocenters. The topological polar surface area (TPSA) is 118 Å². The summed E-state index contributed by atoms with van der Waals surface area (Å²) in [5.41, 5.74) is 4.17. The highest BCUT2D eigenvalue weighted by Gasteiger charge is 2.51. The second-order valence-electron chi connectivity index (χ2n) is 16.8. The van der Waals surface area contributed by atoms with Crippen molar-refractivity contribution >= 4 is 17.8 Å². The Hall–Kier alpha value is -3.92. The number of likely N-dealkylation sites (tertiary alicyclic amines) is 1. The number of carbonyl (C=O) groups is 2. The van der Waals surface area contributed by atoms with Gasteiger partial charge in [-0.05, 0) is 118 Å². The molecule has 2 bridgehead atoms. The first-order chi connectivity index (χ1) is 24.4. The SMILES string of the molecule is COc1ccc(C23CCC(CN(C(=O)C4CCC(OC(=O)N5CC[C@H]5CO)CC4)c4cc(-c5coc(C(C)(C)C)n5)ccn4)(CC2)CC3)cc1C. The molecule has 1 N–H and O–H groups in total. The van der Waals surface area contributed by atoms with E-state index < -0.39 is 0 Å². The van der Waals surface area contributed by atoms with E-state index in [1.807, 2.05) is 17.0 Å². The van der Waals surface area contributed by atoms with Gasteiger partial charge in [-0.3, -0.25) is 9.69 Å². The molecule has 51 heavy (non-hydrogen) atoms. The normalized spacial score (nSPS) is 27.5. The number of carbonyl (C=O) groups excluding carboxylic acids is 2. The lowest BCUT2D eigenvalue weighted by Crippen LogP contribution is -2.54.